The first-order valence-electron chi connectivity index (χ1n) is 3.60. The van der Waals surface area contributed by atoms with E-state index in [9.17, 15) is 0 Å². The Bertz CT molecular complexity index is 439. The van der Waals surface area contributed by atoms with Crippen LogP contribution in [0.4, 0.5) is 0 Å². The van der Waals surface area contributed by atoms with Gasteiger partial charge in [0, 0.05) is 5.39 Å². The van der Waals surface area contributed by atoms with Gasteiger partial charge in [-0.1, -0.05) is 11.2 Å². The van der Waals surface area contributed by atoms with Gasteiger partial charge in [-0.15, -0.1) is 0 Å². The Balaban J connectivity index is 2.54. The van der Waals surface area contributed by atoms with Crippen LogP contribution < -0.4 is 0 Å². The molecule has 3 nitrogen and oxygen atoms in total. The van der Waals surface area contributed by atoms with Crippen LogP contribution in [0.3, 0.4) is 0 Å². The van der Waals surface area contributed by atoms with Crippen molar-refractivity contribution < 1.29 is 4.52 Å². The van der Waals surface area contributed by atoms with Crippen molar-refractivity contribution in [3.63, 3.8) is 0 Å². The van der Waals surface area contributed by atoms with E-state index in [1.165, 1.54) is 0 Å². The monoisotopic (exact) mass is 158 g/mol. The molecule has 2 rings (SSSR count). The van der Waals surface area contributed by atoms with E-state index in [1.54, 1.807) is 6.20 Å². The summed E-state index contributed by atoms with van der Waals surface area (Å²) in [5.74, 6) is 0. The average Bonchev–Trinajstić information content (AvgIpc) is 2.51. The summed E-state index contributed by atoms with van der Waals surface area (Å²) in [5, 5.41) is 13.1. The van der Waals surface area contributed by atoms with Crippen molar-refractivity contribution in [2.45, 2.75) is 6.42 Å². The van der Waals surface area contributed by atoms with E-state index in [-0.39, 0.29) is 0 Å². The molecule has 0 aliphatic rings. The summed E-state index contributed by atoms with van der Waals surface area (Å²) in [7, 11) is 0. The van der Waals surface area contributed by atoms with Crippen LogP contribution in [0.25, 0.3) is 11.0 Å². The van der Waals surface area contributed by atoms with Crippen molar-refractivity contribution in [2.24, 2.45) is 0 Å². The van der Waals surface area contributed by atoms with E-state index in [0.29, 0.717) is 6.42 Å². The molecule has 0 saturated heterocycles. The lowest BCUT2D eigenvalue weighted by atomic mass is 10.1. The number of nitriles is 1. The predicted octanol–water partition coefficient (Wildman–Crippen LogP) is 1.89. The number of nitrogens with zero attached hydrogens (tertiary/aromatic N) is 2. The number of benzene rings is 1. The number of hydrogen-bond acceptors (Lipinski definition) is 3. The lowest BCUT2D eigenvalue weighted by Crippen LogP contribution is -1.78. The summed E-state index contributed by atoms with van der Waals surface area (Å²) < 4.78 is 4.95. The Hall–Kier alpha value is -1.82. The first-order chi connectivity index (χ1) is 5.90. The molecule has 0 aliphatic heterocycles. The van der Waals surface area contributed by atoms with Crippen LogP contribution in [-0.2, 0) is 6.42 Å². The van der Waals surface area contributed by atoms with Crippen LogP contribution in [0.5, 0.6) is 0 Å². The normalized spacial score (nSPS) is 9.92. The number of hydrogen-bond donors (Lipinski definition) is 0. The van der Waals surface area contributed by atoms with Gasteiger partial charge in [-0.25, -0.2) is 0 Å². The summed E-state index contributed by atoms with van der Waals surface area (Å²) in [5.41, 5.74) is 1.70. The van der Waals surface area contributed by atoms with Gasteiger partial charge in [-0.05, 0) is 17.7 Å². The van der Waals surface area contributed by atoms with Gasteiger partial charge in [0.05, 0.1) is 18.7 Å². The van der Waals surface area contributed by atoms with Crippen molar-refractivity contribution in [3.8, 4) is 6.07 Å². The van der Waals surface area contributed by atoms with Gasteiger partial charge < -0.3 is 4.52 Å². The molecule has 0 radical (unpaired) electrons. The second kappa shape index (κ2) is 2.67. The zero-order valence-electron chi connectivity index (χ0n) is 6.32. The first kappa shape index (κ1) is 6.86. The number of fused-ring (bicyclic) bond motifs is 1. The molecule has 2 aromatic rings. The minimum absolute atomic E-state index is 0.413. The van der Waals surface area contributed by atoms with Crippen LogP contribution in [0.1, 0.15) is 5.56 Å². The van der Waals surface area contributed by atoms with Gasteiger partial charge >= 0.3 is 0 Å². The van der Waals surface area contributed by atoms with Crippen LogP contribution in [0.2, 0.25) is 0 Å². The molecule has 0 unspecified atom stereocenters. The summed E-state index contributed by atoms with van der Waals surface area (Å²) in [6, 6.07) is 7.72. The van der Waals surface area contributed by atoms with Crippen molar-refractivity contribution in [3.05, 3.63) is 30.0 Å². The molecule has 1 aromatic carbocycles. The second-order valence-corrected chi connectivity index (χ2v) is 2.53. The lowest BCUT2D eigenvalue weighted by molar-refractivity contribution is 0.456. The van der Waals surface area contributed by atoms with Gasteiger partial charge in [-0.3, -0.25) is 0 Å². The minimum Gasteiger partial charge on any atom is -0.356 e. The van der Waals surface area contributed by atoms with E-state index in [1.807, 2.05) is 18.2 Å². The quantitative estimate of drug-likeness (QED) is 0.636. The molecular formula is C9H6N2O. The fourth-order valence-electron chi connectivity index (χ4n) is 1.11. The van der Waals surface area contributed by atoms with Crippen molar-refractivity contribution >= 4 is 11.0 Å². The summed E-state index contributed by atoms with van der Waals surface area (Å²) >= 11 is 0. The van der Waals surface area contributed by atoms with E-state index in [4.69, 9.17) is 9.78 Å². The molecule has 0 bridgehead atoms. The molecule has 12 heavy (non-hydrogen) atoms. The van der Waals surface area contributed by atoms with Gasteiger partial charge in [0.25, 0.3) is 0 Å². The molecule has 3 heteroatoms. The molecule has 1 aromatic heterocycles. The lowest BCUT2D eigenvalue weighted by Gasteiger charge is -1.91. The molecule has 0 fully saturated rings. The maximum Gasteiger partial charge on any atom is 0.167 e. The van der Waals surface area contributed by atoms with Crippen LogP contribution in [0, 0.1) is 11.3 Å². The third-order valence-corrected chi connectivity index (χ3v) is 1.70. The summed E-state index contributed by atoms with van der Waals surface area (Å²) in [6.45, 7) is 0. The first-order valence-corrected chi connectivity index (χ1v) is 3.60. The number of rotatable bonds is 1. The third kappa shape index (κ3) is 1.04. The highest BCUT2D eigenvalue weighted by Gasteiger charge is 1.98. The van der Waals surface area contributed by atoms with Gasteiger partial charge in [0.15, 0.2) is 5.58 Å². The predicted molar refractivity (Wildman–Crippen MR) is 43.3 cm³/mol. The molecule has 0 amide bonds. The Labute approximate surface area is 69.2 Å². The smallest absolute Gasteiger partial charge is 0.167 e. The molecule has 0 aliphatic carbocycles. The van der Waals surface area contributed by atoms with Crippen molar-refractivity contribution in [2.75, 3.05) is 0 Å². The zero-order chi connectivity index (χ0) is 8.39. The largest absolute Gasteiger partial charge is 0.356 e. The Kier molecular flexibility index (Phi) is 1.52. The minimum atomic E-state index is 0.413. The highest BCUT2D eigenvalue weighted by Crippen LogP contribution is 2.14. The summed E-state index contributed by atoms with van der Waals surface area (Å²) in [4.78, 5) is 0. The zero-order valence-corrected chi connectivity index (χ0v) is 6.32. The summed E-state index contributed by atoms with van der Waals surface area (Å²) in [6.07, 6.45) is 2.07. The van der Waals surface area contributed by atoms with Gasteiger partial charge in [0.2, 0.25) is 0 Å². The van der Waals surface area contributed by atoms with Crippen LogP contribution in [0.15, 0.2) is 28.9 Å². The highest BCUT2D eigenvalue weighted by atomic mass is 16.5. The second-order valence-electron chi connectivity index (χ2n) is 2.53. The van der Waals surface area contributed by atoms with E-state index >= 15 is 0 Å². The Morgan fingerprint density at radius 2 is 2.42 bits per heavy atom. The number of aromatic nitrogens is 1. The standard InChI is InChI=1S/C9H6N2O/c10-4-3-7-1-2-8-6-11-12-9(8)5-7/h1-2,5-6H,3H2. The van der Waals surface area contributed by atoms with Gasteiger partial charge in [0.1, 0.15) is 0 Å². The molecule has 58 valence electrons. The molecule has 0 N–H and O–H groups in total. The van der Waals surface area contributed by atoms with Gasteiger partial charge in [-0.2, -0.15) is 5.26 Å². The van der Waals surface area contributed by atoms with Crippen LogP contribution in [-0.4, -0.2) is 5.16 Å². The molecule has 0 saturated carbocycles. The van der Waals surface area contributed by atoms with Crippen LogP contribution >= 0.6 is 0 Å². The average molecular weight is 158 g/mol. The topological polar surface area (TPSA) is 49.8 Å². The molecule has 0 atom stereocenters. The van der Waals surface area contributed by atoms with Crippen molar-refractivity contribution in [1.82, 2.24) is 5.16 Å². The van der Waals surface area contributed by atoms with E-state index in [2.05, 4.69) is 11.2 Å². The molecule has 1 heterocycles. The fourth-order valence-corrected chi connectivity index (χ4v) is 1.11. The highest BCUT2D eigenvalue weighted by molar-refractivity contribution is 5.76. The molecular weight excluding hydrogens is 152 g/mol. The molecule has 0 spiro atoms. The fraction of sp³-hybridized carbons (Fsp3) is 0.111. The Morgan fingerprint density at radius 3 is 3.25 bits per heavy atom. The maximum atomic E-state index is 8.45. The van der Waals surface area contributed by atoms with Crippen molar-refractivity contribution in [1.29, 1.82) is 5.26 Å². The Morgan fingerprint density at radius 1 is 1.50 bits per heavy atom. The maximum absolute atomic E-state index is 8.45. The third-order valence-electron chi connectivity index (χ3n) is 1.70. The van der Waals surface area contributed by atoms with E-state index < -0.39 is 0 Å². The van der Waals surface area contributed by atoms with E-state index in [0.717, 1.165) is 16.5 Å². The SMILES string of the molecule is N#CCc1ccc2cnoc2c1.